The third-order valence-electron chi connectivity index (χ3n) is 6.64. The average Bonchev–Trinajstić information content (AvgIpc) is 3.29. The van der Waals surface area contributed by atoms with Gasteiger partial charge in [0.25, 0.3) is 0 Å². The summed E-state index contributed by atoms with van der Waals surface area (Å²) in [4.78, 5) is 61.0. The predicted molar refractivity (Wildman–Crippen MR) is 157 cm³/mol. The lowest BCUT2D eigenvalue weighted by atomic mass is 10.1. The molecule has 0 unspecified atom stereocenters. The van der Waals surface area contributed by atoms with Crippen LogP contribution in [-0.4, -0.2) is 108 Å². The lowest BCUT2D eigenvalue weighted by molar-refractivity contribution is -0.148. The highest BCUT2D eigenvalue weighted by Gasteiger charge is 2.23. The fraction of sp³-hybridized carbons (Fsp3) is 0.536. The first-order valence-corrected chi connectivity index (χ1v) is 13.9. The largest absolute Gasteiger partial charge is 0.480 e. The number of aliphatic carboxylic acids is 1. The molecule has 0 aliphatic heterocycles. The maximum absolute atomic E-state index is 12.8. The monoisotopic (exact) mass is 605 g/mol. The lowest BCUT2D eigenvalue weighted by Crippen LogP contribution is -2.49. The molecule has 2 aromatic rings. The van der Waals surface area contributed by atoms with Crippen molar-refractivity contribution in [2.45, 2.75) is 51.4 Å². The number of carboxylic acid groups (broad SMARTS) is 1. The highest BCUT2D eigenvalue weighted by molar-refractivity contribution is 5.91. The van der Waals surface area contributed by atoms with E-state index in [9.17, 15) is 24.0 Å². The zero-order chi connectivity index (χ0) is 31.9. The number of aromatic nitrogens is 1. The molecule has 0 spiro atoms. The number of aryl methyl sites for hydroxylation is 1. The molecule has 2 atom stereocenters. The number of hydrogen-bond acceptors (Lipinski definition) is 9. The Morgan fingerprint density at radius 2 is 1.70 bits per heavy atom. The molecule has 0 aliphatic carbocycles. The van der Waals surface area contributed by atoms with E-state index < -0.39 is 35.8 Å². The van der Waals surface area contributed by atoms with E-state index in [1.54, 1.807) is 12.1 Å². The van der Waals surface area contributed by atoms with E-state index in [0.29, 0.717) is 13.1 Å². The minimum absolute atomic E-state index is 0.0331. The molecule has 1 heterocycles. The van der Waals surface area contributed by atoms with Crippen LogP contribution in [0.4, 0.5) is 0 Å². The summed E-state index contributed by atoms with van der Waals surface area (Å²) in [6, 6.07) is 7.72. The number of nitrogens with zero attached hydrogens (tertiary/aromatic N) is 3. The number of fused-ring (bicyclic) bond motifs is 1. The second-order valence-electron chi connectivity index (χ2n) is 10.1. The standard InChI is InChI=1S/C28H43N7O8/c1-19(28(40)41)34(3)26(38)9-12-42-14-15-43-13-10-31-27(39)22(17-24(29)36)32-25(37)8-11-35-21(18-33(2)30)16-20-6-4-5-7-23(20)35/h4-7,16,19,22H,8-15,17-18,30H2,1-3H3,(H2,29,36)(H,31,39)(H,32,37)(H,40,41)/t19-,22-/m0/s1. The second kappa shape index (κ2) is 17.8. The van der Waals surface area contributed by atoms with Crippen LogP contribution in [0.2, 0.25) is 0 Å². The maximum atomic E-state index is 12.8. The molecular formula is C28H43N7O8. The smallest absolute Gasteiger partial charge is 0.326 e. The van der Waals surface area contributed by atoms with Gasteiger partial charge < -0.3 is 40.4 Å². The van der Waals surface area contributed by atoms with Gasteiger partial charge in [-0.05, 0) is 24.4 Å². The number of carboxylic acids is 1. The number of amides is 4. The normalized spacial score (nSPS) is 12.6. The summed E-state index contributed by atoms with van der Waals surface area (Å²) in [6.45, 7) is 2.99. The average molecular weight is 606 g/mol. The van der Waals surface area contributed by atoms with Gasteiger partial charge in [-0.2, -0.15) is 0 Å². The first kappa shape index (κ1) is 35.1. The number of likely N-dealkylation sites (N-methyl/N-ethyl adjacent to an activating group) is 1. The summed E-state index contributed by atoms with van der Waals surface area (Å²) < 4.78 is 12.7. The molecule has 0 saturated carbocycles. The van der Waals surface area contributed by atoms with Crippen LogP contribution in [-0.2, 0) is 46.5 Å². The molecule has 43 heavy (non-hydrogen) atoms. The van der Waals surface area contributed by atoms with E-state index in [1.807, 2.05) is 34.9 Å². The van der Waals surface area contributed by atoms with Crippen molar-refractivity contribution in [1.29, 1.82) is 0 Å². The molecule has 0 aliphatic rings. The molecule has 2 rings (SSSR count). The molecule has 7 N–H and O–H groups in total. The summed E-state index contributed by atoms with van der Waals surface area (Å²) in [7, 11) is 3.17. The first-order valence-electron chi connectivity index (χ1n) is 13.9. The van der Waals surface area contributed by atoms with Gasteiger partial charge in [0, 0.05) is 44.8 Å². The number of primary amides is 1. The zero-order valence-electron chi connectivity index (χ0n) is 24.9. The summed E-state index contributed by atoms with van der Waals surface area (Å²) in [6.07, 6.45) is -0.265. The van der Waals surface area contributed by atoms with E-state index >= 15 is 0 Å². The summed E-state index contributed by atoms with van der Waals surface area (Å²) in [5, 5.41) is 16.7. The second-order valence-corrected chi connectivity index (χ2v) is 10.1. The van der Waals surface area contributed by atoms with Gasteiger partial charge in [-0.15, -0.1) is 0 Å². The fourth-order valence-electron chi connectivity index (χ4n) is 4.22. The molecule has 0 fully saturated rings. The molecule has 1 aromatic heterocycles. The minimum Gasteiger partial charge on any atom is -0.480 e. The van der Waals surface area contributed by atoms with Gasteiger partial charge in [-0.25, -0.2) is 9.80 Å². The number of nitrogens with two attached hydrogens (primary N) is 2. The van der Waals surface area contributed by atoms with Crippen LogP contribution >= 0.6 is 0 Å². The van der Waals surface area contributed by atoms with Gasteiger partial charge in [0.15, 0.2) is 0 Å². The number of ether oxygens (including phenoxy) is 2. The first-order chi connectivity index (χ1) is 20.4. The molecule has 15 heteroatoms. The van der Waals surface area contributed by atoms with Crippen LogP contribution in [0.5, 0.6) is 0 Å². The number of benzene rings is 1. The van der Waals surface area contributed by atoms with Crippen molar-refractivity contribution >= 4 is 40.5 Å². The van der Waals surface area contributed by atoms with Crippen LogP contribution in [0.15, 0.2) is 30.3 Å². The number of nitrogens with one attached hydrogen (secondary N) is 2. The Hall–Kier alpha value is -4.05. The van der Waals surface area contributed by atoms with Crippen molar-refractivity contribution < 1.29 is 38.6 Å². The molecule has 0 bridgehead atoms. The quantitative estimate of drug-likeness (QED) is 0.0718. The van der Waals surface area contributed by atoms with Gasteiger partial charge in [0.1, 0.15) is 12.1 Å². The molecule has 0 radical (unpaired) electrons. The summed E-state index contributed by atoms with van der Waals surface area (Å²) >= 11 is 0. The minimum atomic E-state index is -1.14. The van der Waals surface area contributed by atoms with Crippen molar-refractivity contribution in [2.75, 3.05) is 47.1 Å². The topological polar surface area (TPSA) is 212 Å². The van der Waals surface area contributed by atoms with E-state index in [1.165, 1.54) is 14.0 Å². The van der Waals surface area contributed by atoms with Crippen LogP contribution in [0.25, 0.3) is 10.9 Å². The third kappa shape index (κ3) is 12.0. The fourth-order valence-corrected chi connectivity index (χ4v) is 4.22. The highest BCUT2D eigenvalue weighted by Crippen LogP contribution is 2.21. The lowest BCUT2D eigenvalue weighted by Gasteiger charge is -2.21. The number of hydrogen-bond donors (Lipinski definition) is 5. The SMILES string of the molecule is C[C@@H](C(=O)O)N(C)C(=O)CCOCCOCCNC(=O)[C@H](CC(N)=O)NC(=O)CCn1c(CN(C)N)cc2ccccc21. The van der Waals surface area contributed by atoms with Gasteiger partial charge in [-0.1, -0.05) is 18.2 Å². The van der Waals surface area contributed by atoms with E-state index in [2.05, 4.69) is 10.6 Å². The van der Waals surface area contributed by atoms with Gasteiger partial charge in [-0.3, -0.25) is 25.0 Å². The van der Waals surface area contributed by atoms with Gasteiger partial charge in [0.2, 0.25) is 23.6 Å². The summed E-state index contributed by atoms with van der Waals surface area (Å²) in [5.74, 6) is 2.69. The Morgan fingerprint density at radius 3 is 2.35 bits per heavy atom. The van der Waals surface area contributed by atoms with Crippen LogP contribution in [0.1, 0.15) is 31.9 Å². The molecular weight excluding hydrogens is 562 g/mol. The Balaban J connectivity index is 1.73. The Bertz CT molecular complexity index is 1250. The van der Waals surface area contributed by atoms with Crippen molar-refractivity contribution in [2.24, 2.45) is 11.6 Å². The maximum Gasteiger partial charge on any atom is 0.326 e. The van der Waals surface area contributed by atoms with Crippen LogP contribution in [0, 0.1) is 0 Å². The Morgan fingerprint density at radius 1 is 1.02 bits per heavy atom. The number of carbonyl (C=O) groups is 5. The van der Waals surface area contributed by atoms with Crippen molar-refractivity contribution in [3.05, 3.63) is 36.0 Å². The van der Waals surface area contributed by atoms with Gasteiger partial charge in [0.05, 0.1) is 45.8 Å². The number of rotatable bonds is 20. The molecule has 4 amide bonds. The third-order valence-corrected chi connectivity index (χ3v) is 6.64. The van der Waals surface area contributed by atoms with Crippen molar-refractivity contribution in [3.8, 4) is 0 Å². The zero-order valence-corrected chi connectivity index (χ0v) is 24.9. The Kier molecular flexibility index (Phi) is 14.6. The molecule has 238 valence electrons. The molecule has 1 aromatic carbocycles. The molecule has 0 saturated heterocycles. The summed E-state index contributed by atoms with van der Waals surface area (Å²) in [5.41, 5.74) is 7.19. The van der Waals surface area contributed by atoms with E-state index in [0.717, 1.165) is 21.5 Å². The predicted octanol–water partition coefficient (Wildman–Crippen LogP) is -0.832. The van der Waals surface area contributed by atoms with Gasteiger partial charge >= 0.3 is 5.97 Å². The van der Waals surface area contributed by atoms with E-state index in [4.69, 9.17) is 26.2 Å². The molecule has 15 nitrogen and oxygen atoms in total. The van der Waals surface area contributed by atoms with Crippen LogP contribution < -0.4 is 22.2 Å². The number of hydrazine groups is 1. The van der Waals surface area contributed by atoms with E-state index in [-0.39, 0.29) is 58.1 Å². The number of carbonyl (C=O) groups excluding carboxylic acids is 4. The van der Waals surface area contributed by atoms with Crippen molar-refractivity contribution in [3.63, 3.8) is 0 Å². The Labute approximate surface area is 250 Å². The van der Waals surface area contributed by atoms with Crippen molar-refractivity contribution in [1.82, 2.24) is 25.1 Å². The number of para-hydroxylation sites is 1. The highest BCUT2D eigenvalue weighted by atomic mass is 16.5. The van der Waals surface area contributed by atoms with Crippen LogP contribution in [0.3, 0.4) is 0 Å².